The van der Waals surface area contributed by atoms with Crippen LogP contribution in [0.2, 0.25) is 0 Å². The molecule has 1 aromatic carbocycles. The van der Waals surface area contributed by atoms with Gasteiger partial charge in [0, 0.05) is 24.3 Å². The lowest BCUT2D eigenvalue weighted by molar-refractivity contribution is 0.304. The van der Waals surface area contributed by atoms with Crippen LogP contribution in [0.1, 0.15) is 31.2 Å². The molecule has 0 radical (unpaired) electrons. The number of aromatic nitrogens is 4. The van der Waals surface area contributed by atoms with Gasteiger partial charge in [-0.15, -0.1) is 5.10 Å². The zero-order chi connectivity index (χ0) is 23.0. The van der Waals surface area contributed by atoms with Gasteiger partial charge in [0.2, 0.25) is 5.95 Å². The first-order valence-corrected chi connectivity index (χ1v) is 10.8. The van der Waals surface area contributed by atoms with Gasteiger partial charge in [0.25, 0.3) is 5.56 Å². The molecule has 0 amide bonds. The number of nitrogens with one attached hydrogen (secondary N) is 2. The number of hydrogen-bond acceptors (Lipinski definition) is 9. The number of anilines is 3. The lowest BCUT2D eigenvalue weighted by Gasteiger charge is -2.21. The summed E-state index contributed by atoms with van der Waals surface area (Å²) in [7, 11) is 0. The van der Waals surface area contributed by atoms with E-state index in [0.717, 1.165) is 25.9 Å². The number of amidine groups is 1. The van der Waals surface area contributed by atoms with E-state index in [1.165, 1.54) is 19.0 Å². The van der Waals surface area contributed by atoms with Crippen LogP contribution in [0.15, 0.2) is 50.7 Å². The average molecular weight is 451 g/mol. The molecular formula is C21H26N10O2. The molecule has 2 aromatic heterocycles. The molecule has 1 fully saturated rings. The fourth-order valence-corrected chi connectivity index (χ4v) is 3.58. The van der Waals surface area contributed by atoms with E-state index in [-0.39, 0.29) is 24.5 Å². The van der Waals surface area contributed by atoms with Crippen molar-refractivity contribution in [1.82, 2.24) is 20.2 Å². The van der Waals surface area contributed by atoms with Crippen molar-refractivity contribution in [3.63, 3.8) is 0 Å². The predicted octanol–water partition coefficient (Wildman–Crippen LogP) is 1.90. The van der Waals surface area contributed by atoms with Crippen LogP contribution in [-0.4, -0.2) is 57.3 Å². The van der Waals surface area contributed by atoms with E-state index in [4.69, 9.17) is 15.8 Å². The highest BCUT2D eigenvalue weighted by Crippen LogP contribution is 2.25. The second kappa shape index (κ2) is 10.6. The largest absolute Gasteiger partial charge is 0.394 e. The van der Waals surface area contributed by atoms with Crippen molar-refractivity contribution in [3.8, 4) is 0 Å². The number of hydrogen-bond donors (Lipinski definition) is 4. The highest BCUT2D eigenvalue weighted by atomic mass is 16.3. The van der Waals surface area contributed by atoms with Crippen LogP contribution in [0.3, 0.4) is 0 Å². The van der Waals surface area contributed by atoms with Gasteiger partial charge in [0.15, 0.2) is 5.84 Å². The third-order valence-corrected chi connectivity index (χ3v) is 5.25. The molecule has 3 aromatic rings. The van der Waals surface area contributed by atoms with Crippen LogP contribution in [0.25, 0.3) is 10.9 Å². The number of nitrogens with zero attached hydrogens (tertiary/aromatic N) is 7. The summed E-state index contributed by atoms with van der Waals surface area (Å²) in [4.78, 5) is 24.0. The second-order valence-electron chi connectivity index (χ2n) is 7.60. The molecule has 4 rings (SSSR count). The van der Waals surface area contributed by atoms with Crippen molar-refractivity contribution < 1.29 is 5.11 Å². The van der Waals surface area contributed by atoms with E-state index in [1.54, 1.807) is 24.3 Å². The van der Waals surface area contributed by atoms with Crippen LogP contribution < -0.4 is 21.5 Å². The van der Waals surface area contributed by atoms with E-state index < -0.39 is 0 Å². The van der Waals surface area contributed by atoms with Gasteiger partial charge in [-0.05, 0) is 42.3 Å². The van der Waals surface area contributed by atoms with Gasteiger partial charge in [-0.1, -0.05) is 12.8 Å². The van der Waals surface area contributed by atoms with Gasteiger partial charge >= 0.3 is 0 Å². The predicted molar refractivity (Wildman–Crippen MR) is 126 cm³/mol. The summed E-state index contributed by atoms with van der Waals surface area (Å²) in [5, 5.41) is 29.7. The van der Waals surface area contributed by atoms with Crippen LogP contribution in [0.5, 0.6) is 0 Å². The quantitative estimate of drug-likeness (QED) is 0.183. The van der Waals surface area contributed by atoms with Crippen LogP contribution in [0, 0.1) is 0 Å². The fraction of sp³-hybridized carbons (Fsp3) is 0.381. The van der Waals surface area contributed by atoms with Gasteiger partial charge in [-0.2, -0.15) is 15.2 Å². The molecule has 1 aliphatic heterocycles. The molecule has 1 aliphatic rings. The molecule has 12 heteroatoms. The zero-order valence-corrected chi connectivity index (χ0v) is 18.1. The van der Waals surface area contributed by atoms with Gasteiger partial charge in [0.1, 0.15) is 16.7 Å². The summed E-state index contributed by atoms with van der Waals surface area (Å²) in [6, 6.07) is 7.15. The van der Waals surface area contributed by atoms with Crippen molar-refractivity contribution in [1.29, 1.82) is 0 Å². The summed E-state index contributed by atoms with van der Waals surface area (Å²) in [5.74, 6) is 1.19. The smallest absolute Gasteiger partial charge is 0.277 e. The summed E-state index contributed by atoms with van der Waals surface area (Å²) in [5.41, 5.74) is 7.42. The van der Waals surface area contributed by atoms with Crippen LogP contribution >= 0.6 is 0 Å². The molecule has 172 valence electrons. The molecule has 5 N–H and O–H groups in total. The number of benzene rings is 1. The number of aliphatic hydroxyl groups excluding tert-OH is 1. The molecular weight excluding hydrogens is 424 g/mol. The average Bonchev–Trinajstić information content (AvgIpc) is 3.12. The number of aliphatic hydroxyl groups is 1. The molecule has 3 heterocycles. The maximum atomic E-state index is 12.5. The summed E-state index contributed by atoms with van der Waals surface area (Å²) in [6.07, 6.45) is 6.09. The molecule has 12 nitrogen and oxygen atoms in total. The topological polar surface area (TPSA) is 170 Å². The number of fused-ring (bicyclic) bond motifs is 1. The van der Waals surface area contributed by atoms with Gasteiger partial charge < -0.3 is 21.1 Å². The number of rotatable bonds is 7. The number of H-pyrrole nitrogens is 1. The summed E-state index contributed by atoms with van der Waals surface area (Å²) < 4.78 is 0. The first kappa shape index (κ1) is 22.3. The van der Waals surface area contributed by atoms with Crippen LogP contribution in [0.4, 0.5) is 17.5 Å². The first-order chi connectivity index (χ1) is 16.2. The Morgan fingerprint density at radius 3 is 2.64 bits per heavy atom. The molecule has 0 bridgehead atoms. The molecule has 0 aliphatic carbocycles. The maximum absolute atomic E-state index is 12.5. The summed E-state index contributed by atoms with van der Waals surface area (Å²) >= 11 is 0. The number of nitrogens with two attached hydrogens (primary N) is 1. The van der Waals surface area contributed by atoms with E-state index in [1.807, 2.05) is 0 Å². The Morgan fingerprint density at radius 2 is 1.91 bits per heavy atom. The summed E-state index contributed by atoms with van der Waals surface area (Å²) in [6.45, 7) is 1.82. The van der Waals surface area contributed by atoms with Crippen molar-refractivity contribution in [3.05, 3.63) is 46.4 Å². The van der Waals surface area contributed by atoms with Crippen molar-refractivity contribution in [2.45, 2.75) is 25.7 Å². The van der Waals surface area contributed by atoms with Crippen LogP contribution in [-0.2, 0) is 0 Å². The number of aromatic amines is 1. The highest BCUT2D eigenvalue weighted by molar-refractivity contribution is 5.97. The Morgan fingerprint density at radius 1 is 1.15 bits per heavy atom. The highest BCUT2D eigenvalue weighted by Gasteiger charge is 2.17. The van der Waals surface area contributed by atoms with E-state index in [2.05, 4.69) is 40.8 Å². The molecule has 0 spiro atoms. The first-order valence-electron chi connectivity index (χ1n) is 10.8. The third kappa shape index (κ3) is 5.47. The standard InChI is InChI=1S/C21H26N10O2/c22-18(28-30-23-9-12-32)14-5-7-15(8-6-14)25-19-17-16(13-24-29-20(17)33)26-21(27-19)31-10-3-1-2-4-11-31/h5-8,13,32H,1-4,9-12H2,(H,29,33)(H2,22,23,28)(H,25,26,27). The third-order valence-electron chi connectivity index (χ3n) is 5.25. The van der Waals surface area contributed by atoms with Gasteiger partial charge in [-0.3, -0.25) is 4.79 Å². The SMILES string of the molecule is NC(=NN=NCCO)c1ccc(Nc2nc(N3CCCCCC3)nc3cn[nH]c(=O)c23)cc1. The monoisotopic (exact) mass is 450 g/mol. The maximum Gasteiger partial charge on any atom is 0.277 e. The van der Waals surface area contributed by atoms with Crippen molar-refractivity contribution >= 4 is 34.2 Å². The minimum absolute atomic E-state index is 0.102. The Hall–Kier alpha value is -3.93. The molecule has 0 saturated carbocycles. The van der Waals surface area contributed by atoms with Gasteiger partial charge in [0.05, 0.1) is 19.3 Å². The molecule has 0 atom stereocenters. The Balaban J connectivity index is 1.63. The molecule has 33 heavy (non-hydrogen) atoms. The molecule has 0 unspecified atom stereocenters. The Labute approximate surface area is 189 Å². The van der Waals surface area contributed by atoms with E-state index in [0.29, 0.717) is 33.9 Å². The minimum Gasteiger partial charge on any atom is -0.394 e. The van der Waals surface area contributed by atoms with E-state index in [9.17, 15) is 4.79 Å². The minimum atomic E-state index is -0.362. The fourth-order valence-electron chi connectivity index (χ4n) is 3.58. The Bertz CT molecular complexity index is 1200. The van der Waals surface area contributed by atoms with Crippen molar-refractivity contribution in [2.75, 3.05) is 36.5 Å². The normalized spacial score (nSPS) is 15.2. The lowest BCUT2D eigenvalue weighted by atomic mass is 10.2. The zero-order valence-electron chi connectivity index (χ0n) is 18.1. The van der Waals surface area contributed by atoms with Crippen molar-refractivity contribution in [2.24, 2.45) is 21.2 Å². The second-order valence-corrected chi connectivity index (χ2v) is 7.60. The molecule has 1 saturated heterocycles. The lowest BCUT2D eigenvalue weighted by Crippen LogP contribution is -2.26. The van der Waals surface area contributed by atoms with Gasteiger partial charge in [-0.25, -0.2) is 10.1 Å². The Kier molecular flexibility index (Phi) is 7.15. The van der Waals surface area contributed by atoms with E-state index >= 15 is 0 Å².